The maximum Gasteiger partial charge on any atom is 0.407 e. The molecule has 340 valence electrons. The highest BCUT2D eigenvalue weighted by Gasteiger charge is 2.29. The monoisotopic (exact) mass is 887 g/mol. The van der Waals surface area contributed by atoms with E-state index in [0.717, 1.165) is 41.0 Å². The lowest BCUT2D eigenvalue weighted by atomic mass is 10.1. The van der Waals surface area contributed by atoms with Gasteiger partial charge < -0.3 is 48.7 Å². The highest BCUT2D eigenvalue weighted by molar-refractivity contribution is 7.20. The van der Waals surface area contributed by atoms with Crippen molar-refractivity contribution in [2.75, 3.05) is 53.7 Å². The van der Waals surface area contributed by atoms with Crippen molar-refractivity contribution in [3.8, 4) is 23.0 Å². The fourth-order valence-corrected chi connectivity index (χ4v) is 7.29. The Morgan fingerprint density at radius 3 is 2.19 bits per heavy atom. The average molecular weight is 888 g/mol. The molecule has 0 radical (unpaired) electrons. The molecule has 2 heterocycles. The van der Waals surface area contributed by atoms with Crippen LogP contribution in [0, 0.1) is 11.6 Å². The molecular formula is C45H59F2N3O11S. The summed E-state index contributed by atoms with van der Waals surface area (Å²) < 4.78 is 70.4. The first-order valence-corrected chi connectivity index (χ1v) is 21.3. The molecule has 0 fully saturated rings. The topological polar surface area (TPSA) is 160 Å². The van der Waals surface area contributed by atoms with Crippen LogP contribution in [0.2, 0.25) is 0 Å². The van der Waals surface area contributed by atoms with Crippen LogP contribution in [0.5, 0.6) is 23.0 Å². The van der Waals surface area contributed by atoms with Gasteiger partial charge in [-0.1, -0.05) is 12.2 Å². The molecule has 1 unspecified atom stereocenters. The molecule has 2 N–H and O–H groups in total. The Morgan fingerprint density at radius 2 is 1.53 bits per heavy atom. The number of thiophene rings is 1. The molecule has 0 aliphatic carbocycles. The van der Waals surface area contributed by atoms with E-state index in [9.17, 15) is 19.2 Å². The summed E-state index contributed by atoms with van der Waals surface area (Å²) in [4.78, 5) is 51.7. The molecule has 1 atom stereocenters. The summed E-state index contributed by atoms with van der Waals surface area (Å²) in [7, 11) is 2.82. The molecule has 0 saturated carbocycles. The summed E-state index contributed by atoms with van der Waals surface area (Å²) in [5.41, 5.74) is 2.68. The number of ether oxygens (including phenoxy) is 7. The van der Waals surface area contributed by atoms with Gasteiger partial charge in [0.2, 0.25) is 5.91 Å². The van der Waals surface area contributed by atoms with Crippen molar-refractivity contribution in [1.82, 2.24) is 15.5 Å². The molecule has 1 aromatic heterocycles. The van der Waals surface area contributed by atoms with Gasteiger partial charge in [-0.15, -0.1) is 17.9 Å². The van der Waals surface area contributed by atoms with Gasteiger partial charge in [0.15, 0.2) is 40.4 Å². The SMILES string of the molecule is C=C(C)CCC(=C)N1Cc2cc(OC)c(OCCCOc3c(OC)cc4sc(C(=O)CCC(=O)OC(C)CNC(=O)CCOCCNC(=O)OC(C)(C)C)cc4c3F)c(F)c2C1. The number of carbonyl (C=O) groups excluding carboxylic acids is 4. The fourth-order valence-electron chi connectivity index (χ4n) is 6.23. The summed E-state index contributed by atoms with van der Waals surface area (Å²) in [6.45, 7) is 18.5. The lowest BCUT2D eigenvalue weighted by Gasteiger charge is -2.20. The number of nitrogens with zero attached hydrogens (tertiary/aromatic N) is 1. The summed E-state index contributed by atoms with van der Waals surface area (Å²) in [6.07, 6.45) is 0.267. The van der Waals surface area contributed by atoms with Crippen LogP contribution in [0.1, 0.15) is 93.9 Å². The number of allylic oxidation sites excluding steroid dienone is 2. The van der Waals surface area contributed by atoms with E-state index < -0.39 is 35.4 Å². The molecule has 0 spiro atoms. The fraction of sp³-hybridized carbons (Fsp3) is 0.511. The third-order valence-electron chi connectivity index (χ3n) is 9.42. The maximum absolute atomic E-state index is 15.8. The van der Waals surface area contributed by atoms with Crippen molar-refractivity contribution in [3.63, 3.8) is 0 Å². The highest BCUT2D eigenvalue weighted by Crippen LogP contribution is 2.42. The molecule has 3 aromatic rings. The van der Waals surface area contributed by atoms with E-state index in [4.69, 9.17) is 33.2 Å². The van der Waals surface area contributed by atoms with Gasteiger partial charge in [-0.05, 0) is 65.2 Å². The van der Waals surface area contributed by atoms with Gasteiger partial charge in [0, 0.05) is 66.3 Å². The molecule has 1 aliphatic rings. The minimum atomic E-state index is -0.714. The van der Waals surface area contributed by atoms with Gasteiger partial charge in [-0.25, -0.2) is 13.6 Å². The van der Waals surface area contributed by atoms with Crippen molar-refractivity contribution in [1.29, 1.82) is 0 Å². The number of fused-ring (bicyclic) bond motifs is 2. The number of alkyl carbamates (subject to hydrolysis) is 1. The number of hydrogen-bond acceptors (Lipinski definition) is 13. The third kappa shape index (κ3) is 14.6. The molecule has 62 heavy (non-hydrogen) atoms. The zero-order chi connectivity index (χ0) is 45.6. The smallest absolute Gasteiger partial charge is 0.407 e. The van der Waals surface area contributed by atoms with E-state index in [0.29, 0.717) is 23.4 Å². The van der Waals surface area contributed by atoms with Gasteiger partial charge in [0.1, 0.15) is 11.7 Å². The lowest BCUT2D eigenvalue weighted by Crippen LogP contribution is -2.35. The molecule has 2 amide bonds. The van der Waals surface area contributed by atoms with Crippen LogP contribution in [-0.2, 0) is 36.9 Å². The van der Waals surface area contributed by atoms with Crippen LogP contribution >= 0.6 is 11.3 Å². The molecule has 1 aliphatic heterocycles. The summed E-state index contributed by atoms with van der Waals surface area (Å²) in [6, 6.07) is 4.77. The van der Waals surface area contributed by atoms with Crippen molar-refractivity contribution < 1.29 is 61.1 Å². The summed E-state index contributed by atoms with van der Waals surface area (Å²) in [5.74, 6) is -2.28. The predicted molar refractivity (Wildman–Crippen MR) is 231 cm³/mol. The van der Waals surface area contributed by atoms with Gasteiger partial charge in [0.25, 0.3) is 0 Å². The predicted octanol–water partition coefficient (Wildman–Crippen LogP) is 8.17. The molecule has 2 aromatic carbocycles. The van der Waals surface area contributed by atoms with Gasteiger partial charge in [0.05, 0.1) is 58.5 Å². The second-order valence-electron chi connectivity index (χ2n) is 15.9. The van der Waals surface area contributed by atoms with Crippen LogP contribution in [-0.4, -0.2) is 94.1 Å². The van der Waals surface area contributed by atoms with E-state index in [1.165, 1.54) is 20.3 Å². The minimum absolute atomic E-state index is 0.00403. The Labute approximate surface area is 365 Å². The molecule has 17 heteroatoms. The molecular weight excluding hydrogens is 829 g/mol. The number of benzene rings is 2. The quantitative estimate of drug-likeness (QED) is 0.0364. The number of hydrogen-bond donors (Lipinski definition) is 2. The van der Waals surface area contributed by atoms with Crippen LogP contribution in [0.3, 0.4) is 0 Å². The standard InChI is InChI=1S/C45H59F2N3O11S/c1-27(2)11-12-28(3)50-25-30-21-34(55-8)42(41(47)32(30)26-50)58-17-10-18-59-43-35(56-9)23-36-31(40(43)46)22-37(62-36)33(51)13-14-39(53)60-29(4)24-49-38(52)15-19-57-20-16-48-44(54)61-45(5,6)7/h21-23,29H,1,3,10-20,24-26H2,2,4-9H3,(H,48,54)(H,49,52). The van der Waals surface area contributed by atoms with Crippen LogP contribution in [0.4, 0.5) is 13.6 Å². The Balaban J connectivity index is 1.20. The Bertz CT molecular complexity index is 2100. The number of carbonyl (C=O) groups is 4. The Kier molecular flexibility index (Phi) is 18.4. The second-order valence-corrected chi connectivity index (χ2v) is 16.9. The van der Waals surface area contributed by atoms with E-state index in [-0.39, 0.29) is 110 Å². The van der Waals surface area contributed by atoms with Gasteiger partial charge in [-0.2, -0.15) is 0 Å². The average Bonchev–Trinajstić information content (AvgIpc) is 3.85. The van der Waals surface area contributed by atoms with Gasteiger partial charge in [-0.3, -0.25) is 14.4 Å². The Morgan fingerprint density at radius 1 is 0.855 bits per heavy atom. The summed E-state index contributed by atoms with van der Waals surface area (Å²) in [5, 5.41) is 5.37. The lowest BCUT2D eigenvalue weighted by molar-refractivity contribution is -0.148. The van der Waals surface area contributed by atoms with E-state index >= 15 is 8.78 Å². The van der Waals surface area contributed by atoms with Crippen molar-refractivity contribution in [2.45, 2.75) is 97.9 Å². The first-order chi connectivity index (χ1) is 29.4. The first-order valence-electron chi connectivity index (χ1n) is 20.5. The number of rotatable bonds is 25. The van der Waals surface area contributed by atoms with E-state index in [1.54, 1.807) is 39.8 Å². The third-order valence-corrected chi connectivity index (χ3v) is 10.5. The zero-order valence-electron chi connectivity index (χ0n) is 36.7. The first kappa shape index (κ1) is 49.2. The van der Waals surface area contributed by atoms with E-state index in [1.807, 2.05) is 11.8 Å². The zero-order valence-corrected chi connectivity index (χ0v) is 37.5. The van der Waals surface area contributed by atoms with Crippen LogP contribution in [0.25, 0.3) is 10.1 Å². The van der Waals surface area contributed by atoms with Crippen molar-refractivity contribution >= 4 is 45.2 Å². The minimum Gasteiger partial charge on any atom is -0.493 e. The molecule has 0 bridgehead atoms. The van der Waals surface area contributed by atoms with Crippen molar-refractivity contribution in [3.05, 3.63) is 70.3 Å². The van der Waals surface area contributed by atoms with Gasteiger partial charge >= 0.3 is 12.1 Å². The number of esters is 1. The molecule has 14 nitrogen and oxygen atoms in total. The van der Waals surface area contributed by atoms with Crippen LogP contribution in [0.15, 0.2) is 42.6 Å². The number of halogens is 2. The maximum atomic E-state index is 15.8. The number of Topliss-reactive ketones (excluding diaryl/α,β-unsaturated/α-hetero) is 1. The molecule has 4 rings (SSSR count). The van der Waals surface area contributed by atoms with Crippen LogP contribution < -0.4 is 29.6 Å². The largest absolute Gasteiger partial charge is 0.493 e. The number of methoxy groups -OCH3 is 2. The summed E-state index contributed by atoms with van der Waals surface area (Å²) >= 11 is 1.06. The second kappa shape index (κ2) is 23.1. The highest BCUT2D eigenvalue weighted by atomic mass is 32.1. The number of amides is 2. The molecule has 0 saturated heterocycles. The normalized spacial score (nSPS) is 12.6. The number of ketones is 1. The Hall–Kier alpha value is -5.42. The number of nitrogens with one attached hydrogen (secondary N) is 2. The van der Waals surface area contributed by atoms with Crippen molar-refractivity contribution in [2.24, 2.45) is 0 Å². The van der Waals surface area contributed by atoms with E-state index in [2.05, 4.69) is 23.8 Å².